The largest absolute Gasteiger partial charge is 0.485 e. The highest BCUT2D eigenvalue weighted by Crippen LogP contribution is 2.25. The van der Waals surface area contributed by atoms with Crippen LogP contribution < -0.4 is 20.7 Å². The van der Waals surface area contributed by atoms with Gasteiger partial charge in [0, 0.05) is 17.6 Å². The van der Waals surface area contributed by atoms with Crippen LogP contribution in [0, 0.1) is 11.7 Å². The smallest absolute Gasteiger partial charge is 0.305 e. The number of benzene rings is 1. The third-order valence-corrected chi connectivity index (χ3v) is 5.62. The quantitative estimate of drug-likeness (QED) is 0.281. The van der Waals surface area contributed by atoms with Gasteiger partial charge in [-0.25, -0.2) is 4.39 Å². The van der Waals surface area contributed by atoms with Gasteiger partial charge >= 0.3 is 5.97 Å². The van der Waals surface area contributed by atoms with Crippen LogP contribution in [0.15, 0.2) is 24.3 Å². The summed E-state index contributed by atoms with van der Waals surface area (Å²) in [5.41, 5.74) is 0. The molecule has 0 aromatic heterocycles. The van der Waals surface area contributed by atoms with Crippen molar-refractivity contribution in [1.29, 1.82) is 0 Å². The number of aliphatic carboxylic acids is 1. The topological polar surface area (TPSA) is 171 Å². The van der Waals surface area contributed by atoms with E-state index < -0.39 is 72.6 Å². The number of rotatable bonds is 12. The van der Waals surface area contributed by atoms with Gasteiger partial charge in [0.1, 0.15) is 24.5 Å². The molecule has 4 amide bonds. The Morgan fingerprint density at radius 2 is 1.89 bits per heavy atom. The van der Waals surface area contributed by atoms with E-state index in [2.05, 4.69) is 16.0 Å². The van der Waals surface area contributed by atoms with Crippen molar-refractivity contribution in [3.8, 4) is 5.75 Å². The van der Waals surface area contributed by atoms with E-state index in [1.165, 1.54) is 25.1 Å². The van der Waals surface area contributed by atoms with Crippen LogP contribution in [0.3, 0.4) is 0 Å². The molecule has 0 spiro atoms. The zero-order valence-corrected chi connectivity index (χ0v) is 20.7. The molecule has 1 aliphatic heterocycles. The first-order chi connectivity index (χ1) is 17.4. The van der Waals surface area contributed by atoms with Crippen LogP contribution in [0.2, 0.25) is 0 Å². The van der Waals surface area contributed by atoms with Crippen molar-refractivity contribution in [2.75, 3.05) is 13.1 Å². The third-order valence-electron chi connectivity index (χ3n) is 5.62. The second-order valence-corrected chi connectivity index (χ2v) is 8.96. The summed E-state index contributed by atoms with van der Waals surface area (Å²) in [5, 5.41) is 16.2. The number of aldehydes is 1. The highest BCUT2D eigenvalue weighted by Gasteiger charge is 2.41. The Morgan fingerprint density at radius 3 is 2.46 bits per heavy atom. The Bertz CT molecular complexity index is 1050. The molecule has 1 saturated heterocycles. The first-order valence-electron chi connectivity index (χ1n) is 11.7. The molecule has 0 unspecified atom stereocenters. The molecule has 12 nitrogen and oxygen atoms in total. The van der Waals surface area contributed by atoms with Crippen molar-refractivity contribution in [3.63, 3.8) is 0 Å². The molecule has 1 heterocycles. The maximum absolute atomic E-state index is 14.1. The van der Waals surface area contributed by atoms with Gasteiger partial charge in [0.25, 0.3) is 0 Å². The second kappa shape index (κ2) is 13.3. The average Bonchev–Trinajstić information content (AvgIpc) is 3.25. The van der Waals surface area contributed by atoms with Crippen molar-refractivity contribution in [3.05, 3.63) is 30.1 Å². The number of hydrogen-bond acceptors (Lipinski definition) is 7. The lowest BCUT2D eigenvalue weighted by atomic mass is 10.0. The van der Waals surface area contributed by atoms with Gasteiger partial charge in [-0.2, -0.15) is 0 Å². The average molecular weight is 529 g/mol. The van der Waals surface area contributed by atoms with Gasteiger partial charge in [0.2, 0.25) is 23.6 Å². The predicted octanol–water partition coefficient (Wildman–Crippen LogP) is 0.347. The van der Waals surface area contributed by atoms with E-state index in [1.54, 1.807) is 19.9 Å². The van der Waals surface area contributed by atoms with E-state index in [0.717, 1.165) is 4.90 Å². The van der Waals surface area contributed by atoms with Crippen LogP contribution >= 0.6 is 0 Å². The molecule has 0 bridgehead atoms. The lowest BCUT2D eigenvalue weighted by Gasteiger charge is -2.26. The number of carbonyl (C=O) groups is 6. The molecule has 37 heavy (non-hydrogen) atoms. The second-order valence-electron chi connectivity index (χ2n) is 8.96. The third kappa shape index (κ3) is 8.54. The van der Waals surface area contributed by atoms with Gasteiger partial charge in [0.15, 0.2) is 11.6 Å². The minimum absolute atomic E-state index is 0. The minimum Gasteiger partial charge on any atom is -0.485 e. The molecule has 1 fully saturated rings. The normalized spacial score (nSPS) is 18.5. The fourth-order valence-corrected chi connectivity index (χ4v) is 3.86. The molecule has 0 saturated carbocycles. The first kappa shape index (κ1) is 29.2. The van der Waals surface area contributed by atoms with Crippen molar-refractivity contribution < 1.29 is 47.3 Å². The summed E-state index contributed by atoms with van der Waals surface area (Å²) in [6, 6.07) is 2.22. The van der Waals surface area contributed by atoms with Crippen LogP contribution in [-0.4, -0.2) is 83.2 Å². The zero-order chi connectivity index (χ0) is 27.7. The number of ether oxygens (including phenoxy) is 1. The van der Waals surface area contributed by atoms with Gasteiger partial charge in [0.05, 0.1) is 25.6 Å². The number of nitrogens with one attached hydrogen (secondary N) is 3. The molecule has 1 aromatic rings. The van der Waals surface area contributed by atoms with Crippen LogP contribution in [0.1, 0.15) is 37.9 Å². The summed E-state index contributed by atoms with van der Waals surface area (Å²) in [4.78, 5) is 73.2. The van der Waals surface area contributed by atoms with E-state index in [1.807, 2.05) is 0 Å². The molecule has 13 heteroatoms. The maximum atomic E-state index is 14.1. The van der Waals surface area contributed by atoms with E-state index in [4.69, 9.17) is 9.84 Å². The summed E-state index contributed by atoms with van der Waals surface area (Å²) >= 11 is 0. The number of carboxylic acids is 1. The van der Waals surface area contributed by atoms with E-state index in [0.29, 0.717) is 0 Å². The molecule has 2 rings (SSSR count). The van der Waals surface area contributed by atoms with Gasteiger partial charge in [-0.1, -0.05) is 26.0 Å². The van der Waals surface area contributed by atoms with E-state index in [9.17, 15) is 33.2 Å². The van der Waals surface area contributed by atoms with E-state index >= 15 is 0 Å². The number of nitrogens with zero attached hydrogens (tertiary/aromatic N) is 1. The maximum Gasteiger partial charge on any atom is 0.305 e. The number of likely N-dealkylation sites (tertiary alicyclic amines) is 1. The van der Waals surface area contributed by atoms with Crippen molar-refractivity contribution in [1.82, 2.24) is 20.9 Å². The molecule has 4 atom stereocenters. The highest BCUT2D eigenvalue weighted by atomic mass is 19.1. The molecular weight excluding hydrogens is 491 g/mol. The fraction of sp³-hybridized carbons (Fsp3) is 0.500. The van der Waals surface area contributed by atoms with Gasteiger partial charge < -0.3 is 35.5 Å². The van der Waals surface area contributed by atoms with Crippen molar-refractivity contribution in [2.24, 2.45) is 5.92 Å². The molecule has 208 valence electrons. The summed E-state index contributed by atoms with van der Waals surface area (Å²) in [6.45, 7) is 4.05. The Morgan fingerprint density at radius 1 is 1.22 bits per heavy atom. The Hall–Kier alpha value is -4.03. The Kier molecular flexibility index (Phi) is 10.5. The molecule has 0 radical (unpaired) electrons. The van der Waals surface area contributed by atoms with Crippen molar-refractivity contribution >= 4 is 35.9 Å². The monoisotopic (exact) mass is 528 g/mol. The van der Waals surface area contributed by atoms with Gasteiger partial charge in [-0.05, 0) is 18.1 Å². The molecular formula is C24H37FN4O8. The number of hydrogen-bond donors (Lipinski definition) is 4. The summed E-state index contributed by atoms with van der Waals surface area (Å²) < 4.78 is 19.7. The van der Waals surface area contributed by atoms with Gasteiger partial charge in [-0.15, -0.1) is 0 Å². The summed E-state index contributed by atoms with van der Waals surface area (Å²) in [7, 11) is 0. The molecule has 4 N–H and O–H groups in total. The molecule has 1 aromatic carbocycles. The fourth-order valence-electron chi connectivity index (χ4n) is 3.86. The van der Waals surface area contributed by atoms with Gasteiger partial charge in [-0.3, -0.25) is 24.0 Å². The lowest BCUT2D eigenvalue weighted by molar-refractivity contribution is -0.141. The Labute approximate surface area is 217 Å². The number of amides is 4. The highest BCUT2D eigenvalue weighted by molar-refractivity contribution is 5.93. The SMILES string of the molecule is CC(=O)N[C@H](C(=O)NCC(=O)N1C[C@H](Oc2ccccc2F)C[C@H]1C(=O)N[C@H](C=O)CC(=O)O)C(C)C.[HH].[HH].[HH]. The number of halogens is 1. The van der Waals surface area contributed by atoms with E-state index in [-0.39, 0.29) is 35.2 Å². The van der Waals surface area contributed by atoms with Crippen LogP contribution in [0.25, 0.3) is 0 Å². The standard InChI is InChI=1S/C24H31FN4O8.3H2/c1-13(2)22(27-14(3)31)24(36)26-10-20(32)29-11-16(37-19-7-5-4-6-17(19)25)9-18(29)23(35)28-15(12-30)8-21(33)34;;;/h4-7,12-13,15-16,18,22H,8-11H2,1-3H3,(H,26,36)(H,27,31)(H,28,35)(H,33,34);3*1H/t15-,16+,18-,22-;;;/m0.../s1. The number of para-hydroxylation sites is 1. The number of carboxylic acid groups (broad SMARTS) is 1. The Balaban J connectivity index is 0. The summed E-state index contributed by atoms with van der Waals surface area (Å²) in [5.74, 6) is -4.77. The predicted molar refractivity (Wildman–Crippen MR) is 133 cm³/mol. The zero-order valence-electron chi connectivity index (χ0n) is 20.7. The lowest BCUT2D eigenvalue weighted by Crippen LogP contribution is -2.54. The van der Waals surface area contributed by atoms with Crippen LogP contribution in [-0.2, 0) is 28.8 Å². The van der Waals surface area contributed by atoms with Crippen LogP contribution in [0.4, 0.5) is 4.39 Å². The van der Waals surface area contributed by atoms with Crippen LogP contribution in [0.5, 0.6) is 5.75 Å². The molecule has 1 aliphatic rings. The first-order valence-corrected chi connectivity index (χ1v) is 11.7. The number of carbonyl (C=O) groups excluding carboxylic acids is 5. The van der Waals surface area contributed by atoms with Crippen molar-refractivity contribution in [2.45, 2.75) is 57.8 Å². The minimum atomic E-state index is -1.32. The summed E-state index contributed by atoms with van der Waals surface area (Å²) in [6.07, 6.45) is -1.25. The molecule has 0 aliphatic carbocycles.